The first kappa shape index (κ1) is 17.4. The summed E-state index contributed by atoms with van der Waals surface area (Å²) in [4.78, 5) is 11.9. The molecule has 0 aliphatic heterocycles. The van der Waals surface area contributed by atoms with Crippen molar-refractivity contribution in [1.29, 1.82) is 0 Å². The fraction of sp³-hybridized carbons (Fsp3) is 0.211. The molecule has 4 aromatic rings. The fourth-order valence-corrected chi connectivity index (χ4v) is 3.82. The summed E-state index contributed by atoms with van der Waals surface area (Å²) >= 11 is 1.46. The zero-order valence-corrected chi connectivity index (χ0v) is 15.6. The van der Waals surface area contributed by atoms with Crippen LogP contribution in [0.2, 0.25) is 0 Å². The number of benzene rings is 1. The first-order valence-electron chi connectivity index (χ1n) is 8.41. The van der Waals surface area contributed by atoms with Gasteiger partial charge in [-0.3, -0.25) is 0 Å². The molecule has 0 aliphatic rings. The van der Waals surface area contributed by atoms with Gasteiger partial charge >= 0.3 is 5.63 Å². The van der Waals surface area contributed by atoms with E-state index in [4.69, 9.17) is 8.83 Å². The minimum absolute atomic E-state index is 0.134. The Kier molecular flexibility index (Phi) is 4.49. The van der Waals surface area contributed by atoms with E-state index in [1.807, 2.05) is 30.7 Å². The average molecular weight is 383 g/mol. The van der Waals surface area contributed by atoms with Gasteiger partial charge in [-0.15, -0.1) is 10.2 Å². The Morgan fingerprint density at radius 2 is 2.07 bits per heavy atom. The Morgan fingerprint density at radius 3 is 2.81 bits per heavy atom. The molecule has 0 fully saturated rings. The summed E-state index contributed by atoms with van der Waals surface area (Å²) in [5.74, 6) is 1.93. The van der Waals surface area contributed by atoms with Crippen LogP contribution in [0.4, 0.5) is 0 Å². The van der Waals surface area contributed by atoms with E-state index < -0.39 is 5.63 Å². The van der Waals surface area contributed by atoms with Crippen molar-refractivity contribution in [2.24, 2.45) is 7.05 Å². The smallest absolute Gasteiger partial charge is 0.336 e. The quantitative estimate of drug-likeness (QED) is 0.414. The highest BCUT2D eigenvalue weighted by molar-refractivity contribution is 7.98. The van der Waals surface area contributed by atoms with E-state index in [0.29, 0.717) is 34.5 Å². The number of rotatable bonds is 5. The second-order valence-corrected chi connectivity index (χ2v) is 6.99. The minimum atomic E-state index is -0.448. The van der Waals surface area contributed by atoms with Gasteiger partial charge in [0, 0.05) is 30.3 Å². The monoisotopic (exact) mass is 383 g/mol. The summed E-state index contributed by atoms with van der Waals surface area (Å²) in [5, 5.41) is 19.9. The zero-order valence-electron chi connectivity index (χ0n) is 14.8. The summed E-state index contributed by atoms with van der Waals surface area (Å²) in [6.45, 7) is 1.96. The SMILES string of the molecule is CCc1cc2c(CSc3nnc(-c4ccco4)n3C)cc(=O)oc2cc1O. The molecule has 0 atom stereocenters. The largest absolute Gasteiger partial charge is 0.508 e. The van der Waals surface area contributed by atoms with Crippen molar-refractivity contribution >= 4 is 22.7 Å². The van der Waals surface area contributed by atoms with Crippen LogP contribution in [-0.4, -0.2) is 19.9 Å². The molecule has 1 aromatic carbocycles. The molecule has 0 saturated carbocycles. The van der Waals surface area contributed by atoms with Crippen molar-refractivity contribution in [1.82, 2.24) is 14.8 Å². The molecule has 3 aromatic heterocycles. The van der Waals surface area contributed by atoms with Crippen molar-refractivity contribution in [3.05, 3.63) is 58.1 Å². The number of phenolic OH excluding ortho intramolecular Hbond substituents is 1. The second-order valence-electron chi connectivity index (χ2n) is 6.05. The van der Waals surface area contributed by atoms with Crippen LogP contribution in [-0.2, 0) is 19.2 Å². The Balaban J connectivity index is 1.67. The number of hydrogen-bond donors (Lipinski definition) is 1. The predicted octanol–water partition coefficient (Wildman–Crippen LogP) is 3.74. The fourth-order valence-electron chi connectivity index (χ4n) is 2.91. The van der Waals surface area contributed by atoms with Gasteiger partial charge in [-0.2, -0.15) is 0 Å². The number of aryl methyl sites for hydroxylation is 1. The minimum Gasteiger partial charge on any atom is -0.508 e. The lowest BCUT2D eigenvalue weighted by atomic mass is 10.1. The number of aromatic nitrogens is 3. The topological polar surface area (TPSA) is 94.3 Å². The lowest BCUT2D eigenvalue weighted by molar-refractivity contribution is 0.466. The maximum atomic E-state index is 11.9. The number of nitrogens with zero attached hydrogens (tertiary/aromatic N) is 3. The van der Waals surface area contributed by atoms with E-state index in [1.54, 1.807) is 12.3 Å². The van der Waals surface area contributed by atoms with Crippen LogP contribution in [0.15, 0.2) is 55.4 Å². The molecule has 8 heteroatoms. The average Bonchev–Trinajstić information content (AvgIpc) is 3.28. The van der Waals surface area contributed by atoms with Crippen molar-refractivity contribution in [3.8, 4) is 17.3 Å². The molecular weight excluding hydrogens is 366 g/mol. The van der Waals surface area contributed by atoms with Gasteiger partial charge in [-0.25, -0.2) is 4.79 Å². The molecule has 1 N–H and O–H groups in total. The van der Waals surface area contributed by atoms with Gasteiger partial charge in [0.2, 0.25) is 0 Å². The zero-order chi connectivity index (χ0) is 19.0. The Hall–Kier alpha value is -3.00. The van der Waals surface area contributed by atoms with Gasteiger partial charge in [0.15, 0.2) is 16.7 Å². The number of fused-ring (bicyclic) bond motifs is 1. The van der Waals surface area contributed by atoms with Crippen LogP contribution in [0.5, 0.6) is 5.75 Å². The van der Waals surface area contributed by atoms with Gasteiger partial charge < -0.3 is 18.5 Å². The number of furan rings is 1. The maximum absolute atomic E-state index is 11.9. The summed E-state index contributed by atoms with van der Waals surface area (Å²) in [6, 6.07) is 8.48. The van der Waals surface area contributed by atoms with Gasteiger partial charge in [0.05, 0.1) is 6.26 Å². The van der Waals surface area contributed by atoms with Gasteiger partial charge in [0.25, 0.3) is 0 Å². The van der Waals surface area contributed by atoms with E-state index in [0.717, 1.165) is 16.5 Å². The predicted molar refractivity (Wildman–Crippen MR) is 102 cm³/mol. The molecule has 3 heterocycles. The van der Waals surface area contributed by atoms with Crippen LogP contribution in [0.3, 0.4) is 0 Å². The first-order chi connectivity index (χ1) is 13.1. The van der Waals surface area contributed by atoms with Gasteiger partial charge in [-0.05, 0) is 35.7 Å². The summed E-state index contributed by atoms with van der Waals surface area (Å²) in [5.41, 5.74) is 1.56. The molecule has 0 amide bonds. The van der Waals surface area contributed by atoms with E-state index in [2.05, 4.69) is 10.2 Å². The second kappa shape index (κ2) is 6.96. The van der Waals surface area contributed by atoms with E-state index in [9.17, 15) is 9.90 Å². The Labute approximate surface area is 158 Å². The third-order valence-electron chi connectivity index (χ3n) is 4.34. The Bertz CT molecular complexity index is 1160. The molecule has 0 unspecified atom stereocenters. The first-order valence-corrected chi connectivity index (χ1v) is 9.40. The van der Waals surface area contributed by atoms with Crippen molar-refractivity contribution < 1.29 is 13.9 Å². The number of aromatic hydroxyl groups is 1. The lowest BCUT2D eigenvalue weighted by Gasteiger charge is -2.08. The van der Waals surface area contributed by atoms with Crippen LogP contribution in [0.25, 0.3) is 22.6 Å². The highest BCUT2D eigenvalue weighted by Gasteiger charge is 2.15. The summed E-state index contributed by atoms with van der Waals surface area (Å²) in [6.07, 6.45) is 2.27. The number of thioether (sulfide) groups is 1. The van der Waals surface area contributed by atoms with E-state index in [-0.39, 0.29) is 5.75 Å². The van der Waals surface area contributed by atoms with Crippen LogP contribution >= 0.6 is 11.8 Å². The molecule has 7 nitrogen and oxygen atoms in total. The third-order valence-corrected chi connectivity index (χ3v) is 5.41. The molecular formula is C19H17N3O4S. The standard InChI is InChI=1S/C19H17N3O4S/c1-3-11-7-13-12(8-17(24)26-16(13)9-14(11)23)10-27-19-21-20-18(22(19)2)15-5-4-6-25-15/h4-9,23H,3,10H2,1-2H3. The Morgan fingerprint density at radius 1 is 1.22 bits per heavy atom. The van der Waals surface area contributed by atoms with Crippen molar-refractivity contribution in [3.63, 3.8) is 0 Å². The van der Waals surface area contributed by atoms with Gasteiger partial charge in [-0.1, -0.05) is 18.7 Å². The van der Waals surface area contributed by atoms with Crippen LogP contribution < -0.4 is 5.63 Å². The van der Waals surface area contributed by atoms with Crippen molar-refractivity contribution in [2.75, 3.05) is 0 Å². The molecule has 0 radical (unpaired) electrons. The molecule has 0 aliphatic carbocycles. The lowest BCUT2D eigenvalue weighted by Crippen LogP contribution is -2.01. The van der Waals surface area contributed by atoms with Crippen molar-refractivity contribution in [2.45, 2.75) is 24.3 Å². The highest BCUT2D eigenvalue weighted by atomic mass is 32.2. The third kappa shape index (κ3) is 3.23. The maximum Gasteiger partial charge on any atom is 0.336 e. The molecule has 0 saturated heterocycles. The van der Waals surface area contributed by atoms with E-state index in [1.165, 1.54) is 23.9 Å². The highest BCUT2D eigenvalue weighted by Crippen LogP contribution is 2.31. The van der Waals surface area contributed by atoms with E-state index >= 15 is 0 Å². The molecule has 0 bridgehead atoms. The molecule has 0 spiro atoms. The van der Waals surface area contributed by atoms with Crippen LogP contribution in [0.1, 0.15) is 18.1 Å². The normalized spacial score (nSPS) is 11.3. The summed E-state index contributed by atoms with van der Waals surface area (Å²) in [7, 11) is 1.87. The van der Waals surface area contributed by atoms with Gasteiger partial charge in [0.1, 0.15) is 11.3 Å². The molecule has 4 rings (SSSR count). The molecule has 27 heavy (non-hydrogen) atoms. The summed E-state index contributed by atoms with van der Waals surface area (Å²) < 4.78 is 12.5. The van der Waals surface area contributed by atoms with Crippen LogP contribution in [0, 0.1) is 0 Å². The number of phenols is 1. The number of hydrogen-bond acceptors (Lipinski definition) is 7. The molecule has 138 valence electrons.